The summed E-state index contributed by atoms with van der Waals surface area (Å²) in [5, 5.41) is 10.2. The molecule has 0 heterocycles. The van der Waals surface area contributed by atoms with Crippen LogP contribution in [0.2, 0.25) is 0 Å². The molecule has 112 valence electrons. The summed E-state index contributed by atoms with van der Waals surface area (Å²) in [5.74, 6) is 0. The Hall–Kier alpha value is -0.880. The molecule has 0 saturated heterocycles. The van der Waals surface area contributed by atoms with Gasteiger partial charge >= 0.3 is 0 Å². The third-order valence-corrected chi connectivity index (χ3v) is 7.60. The number of hydrogen-bond donors (Lipinski definition) is 1. The first-order valence-corrected chi connectivity index (χ1v) is 9.20. The van der Waals surface area contributed by atoms with Crippen LogP contribution in [-0.2, 0) is 9.84 Å². The van der Waals surface area contributed by atoms with Gasteiger partial charge < -0.3 is 5.11 Å². The highest BCUT2D eigenvalue weighted by Gasteiger charge is 2.44. The van der Waals surface area contributed by atoms with Gasteiger partial charge in [0, 0.05) is 6.26 Å². The summed E-state index contributed by atoms with van der Waals surface area (Å²) in [6.45, 7) is 0. The van der Waals surface area contributed by atoms with Crippen LogP contribution >= 0.6 is 27.5 Å². The van der Waals surface area contributed by atoms with Gasteiger partial charge in [-0.3, -0.25) is 0 Å². The quantitative estimate of drug-likeness (QED) is 0.811. The predicted octanol–water partition coefficient (Wildman–Crippen LogP) is 3.72. The number of rotatable bonds is 4. The predicted molar refractivity (Wildman–Crippen MR) is 89.2 cm³/mol. The lowest BCUT2D eigenvalue weighted by atomic mass is 10.0. The summed E-state index contributed by atoms with van der Waals surface area (Å²) in [7, 11) is -3.68. The number of aliphatic hydroxyl groups is 1. The molecule has 3 nitrogen and oxygen atoms in total. The van der Waals surface area contributed by atoms with E-state index in [-0.39, 0.29) is 0 Å². The molecule has 0 amide bonds. The molecule has 2 aromatic carbocycles. The third-order valence-electron chi connectivity index (χ3n) is 3.15. The normalized spacial score (nSPS) is 16.2. The van der Waals surface area contributed by atoms with E-state index in [1.807, 2.05) is 42.5 Å². The molecule has 2 aromatic rings. The van der Waals surface area contributed by atoms with E-state index in [9.17, 15) is 13.5 Å². The highest BCUT2D eigenvalue weighted by Crippen LogP contribution is 2.42. The second-order valence-electron chi connectivity index (χ2n) is 4.72. The van der Waals surface area contributed by atoms with E-state index in [1.54, 1.807) is 12.1 Å². The number of benzene rings is 2. The van der Waals surface area contributed by atoms with E-state index in [0.717, 1.165) is 17.4 Å². The highest BCUT2D eigenvalue weighted by molar-refractivity contribution is 9.12. The molecule has 2 atom stereocenters. The Morgan fingerprint density at radius 3 is 2.00 bits per heavy atom. The number of hydrogen-bond acceptors (Lipinski definition) is 3. The molecule has 0 aliphatic heterocycles. The van der Waals surface area contributed by atoms with Gasteiger partial charge in [-0.2, -0.15) is 0 Å². The van der Waals surface area contributed by atoms with Crippen molar-refractivity contribution in [1.82, 2.24) is 0 Å². The van der Waals surface area contributed by atoms with E-state index in [2.05, 4.69) is 15.9 Å². The van der Waals surface area contributed by atoms with Crippen molar-refractivity contribution < 1.29 is 13.5 Å². The van der Waals surface area contributed by atoms with Gasteiger partial charge in [0.15, 0.2) is 9.84 Å². The minimum Gasteiger partial charge on any atom is -0.385 e. The van der Waals surface area contributed by atoms with Crippen LogP contribution in [0.5, 0.6) is 0 Å². The minimum atomic E-state index is -3.68. The van der Waals surface area contributed by atoms with Gasteiger partial charge in [0.05, 0.1) is 0 Å². The Labute approximate surface area is 137 Å². The van der Waals surface area contributed by atoms with E-state index < -0.39 is 19.1 Å². The van der Waals surface area contributed by atoms with E-state index in [4.69, 9.17) is 11.6 Å². The Kier molecular flexibility index (Phi) is 4.78. The van der Waals surface area contributed by atoms with E-state index >= 15 is 0 Å². The maximum Gasteiger partial charge on any atom is 0.228 e. The molecule has 0 fully saturated rings. The van der Waals surface area contributed by atoms with Crippen molar-refractivity contribution in [3.8, 4) is 11.1 Å². The van der Waals surface area contributed by atoms with Crippen LogP contribution in [0, 0.1) is 0 Å². The lowest BCUT2D eigenvalue weighted by Gasteiger charge is -2.24. The lowest BCUT2D eigenvalue weighted by molar-refractivity contribution is 0.185. The summed E-state index contributed by atoms with van der Waals surface area (Å²) in [5.41, 5.74) is 2.44. The molecular formula is C15H14BrClO3S. The molecule has 2 unspecified atom stereocenters. The van der Waals surface area contributed by atoms with Crippen molar-refractivity contribution in [2.24, 2.45) is 0 Å². The van der Waals surface area contributed by atoms with Gasteiger partial charge in [-0.1, -0.05) is 66.2 Å². The second-order valence-corrected chi connectivity index (χ2v) is 9.97. The van der Waals surface area contributed by atoms with Crippen LogP contribution in [0.15, 0.2) is 54.6 Å². The average Bonchev–Trinajstić information content (AvgIpc) is 2.46. The SMILES string of the molecule is CS(=O)(=O)C(Cl)(Br)C(O)c1ccc(-c2ccccc2)cc1. The molecule has 0 bridgehead atoms. The molecule has 6 heteroatoms. The van der Waals surface area contributed by atoms with Gasteiger partial charge in [-0.15, -0.1) is 0 Å². The van der Waals surface area contributed by atoms with Gasteiger partial charge in [0.2, 0.25) is 3.12 Å². The zero-order valence-corrected chi connectivity index (χ0v) is 14.4. The molecule has 0 saturated carbocycles. The minimum absolute atomic E-state index is 0.423. The average molecular weight is 390 g/mol. The summed E-state index contributed by atoms with van der Waals surface area (Å²) in [6.07, 6.45) is -0.407. The van der Waals surface area contributed by atoms with Gasteiger partial charge in [0.25, 0.3) is 0 Å². The summed E-state index contributed by atoms with van der Waals surface area (Å²) in [6, 6.07) is 16.7. The van der Waals surface area contributed by atoms with Crippen molar-refractivity contribution >= 4 is 37.4 Å². The molecule has 0 aliphatic rings. The third kappa shape index (κ3) is 3.48. The fourth-order valence-electron chi connectivity index (χ4n) is 1.89. The number of sulfone groups is 1. The molecule has 1 N–H and O–H groups in total. The maximum atomic E-state index is 11.6. The Morgan fingerprint density at radius 1 is 1.05 bits per heavy atom. The molecule has 0 spiro atoms. The van der Waals surface area contributed by atoms with Crippen molar-refractivity contribution in [2.75, 3.05) is 6.26 Å². The molecule has 0 radical (unpaired) electrons. The van der Waals surface area contributed by atoms with Crippen molar-refractivity contribution in [3.05, 3.63) is 60.2 Å². The Balaban J connectivity index is 2.32. The van der Waals surface area contributed by atoms with Crippen molar-refractivity contribution in [2.45, 2.75) is 9.22 Å². The van der Waals surface area contributed by atoms with Crippen LogP contribution in [0.4, 0.5) is 0 Å². The summed E-state index contributed by atoms with van der Waals surface area (Å²) >= 11 is 8.83. The molecule has 0 aromatic heterocycles. The van der Waals surface area contributed by atoms with E-state index in [0.29, 0.717) is 5.56 Å². The summed E-state index contributed by atoms with van der Waals surface area (Å²) < 4.78 is 21.3. The number of alkyl halides is 2. The summed E-state index contributed by atoms with van der Waals surface area (Å²) in [4.78, 5) is 0. The zero-order valence-electron chi connectivity index (χ0n) is 11.2. The van der Waals surface area contributed by atoms with Crippen LogP contribution in [0.3, 0.4) is 0 Å². The van der Waals surface area contributed by atoms with E-state index in [1.165, 1.54) is 0 Å². The van der Waals surface area contributed by atoms with Crippen LogP contribution in [-0.4, -0.2) is 22.9 Å². The molecule has 2 rings (SSSR count). The Bertz CT molecular complexity index is 712. The lowest BCUT2D eigenvalue weighted by Crippen LogP contribution is -2.32. The molecule has 21 heavy (non-hydrogen) atoms. The van der Waals surface area contributed by atoms with Crippen LogP contribution in [0.25, 0.3) is 11.1 Å². The maximum absolute atomic E-state index is 11.6. The van der Waals surface area contributed by atoms with Crippen LogP contribution < -0.4 is 0 Å². The van der Waals surface area contributed by atoms with Crippen molar-refractivity contribution in [3.63, 3.8) is 0 Å². The largest absolute Gasteiger partial charge is 0.385 e. The van der Waals surface area contributed by atoms with Crippen LogP contribution in [0.1, 0.15) is 11.7 Å². The number of aliphatic hydroxyl groups excluding tert-OH is 1. The zero-order chi connectivity index (χ0) is 15.7. The standard InChI is InChI=1S/C15H14BrClO3S/c1-21(19,20)15(16,17)14(18)13-9-7-12(8-10-13)11-5-3-2-4-6-11/h2-10,14,18H,1H3. The first-order chi connectivity index (χ1) is 9.73. The Morgan fingerprint density at radius 2 is 1.52 bits per heavy atom. The van der Waals surface area contributed by atoms with Gasteiger partial charge in [-0.05, 0) is 32.6 Å². The smallest absolute Gasteiger partial charge is 0.228 e. The highest BCUT2D eigenvalue weighted by atomic mass is 79.9. The van der Waals surface area contributed by atoms with Crippen molar-refractivity contribution in [1.29, 1.82) is 0 Å². The number of halogens is 2. The molecular weight excluding hydrogens is 376 g/mol. The van der Waals surface area contributed by atoms with Gasteiger partial charge in [-0.25, -0.2) is 8.42 Å². The topological polar surface area (TPSA) is 54.4 Å². The first-order valence-electron chi connectivity index (χ1n) is 6.14. The fraction of sp³-hybridized carbons (Fsp3) is 0.200. The second kappa shape index (κ2) is 6.08. The molecule has 0 aliphatic carbocycles. The fourth-order valence-corrected chi connectivity index (χ4v) is 2.82. The monoisotopic (exact) mass is 388 g/mol. The van der Waals surface area contributed by atoms with Gasteiger partial charge in [0.1, 0.15) is 6.10 Å². The first kappa shape index (κ1) is 16.5.